The molecule has 0 aromatic heterocycles. The minimum atomic E-state index is -0.453. The molecule has 11 nitrogen and oxygen atoms in total. The molecule has 1 aromatic rings. The number of anilines is 1. The number of amides is 5. The van der Waals surface area contributed by atoms with Crippen LogP contribution >= 0.6 is 0 Å². The predicted octanol–water partition coefficient (Wildman–Crippen LogP) is 0.249. The lowest BCUT2D eigenvalue weighted by molar-refractivity contribution is -0.127. The van der Waals surface area contributed by atoms with E-state index in [1.807, 2.05) is 6.92 Å². The van der Waals surface area contributed by atoms with E-state index >= 15 is 0 Å². The van der Waals surface area contributed by atoms with Crippen molar-refractivity contribution in [1.82, 2.24) is 21.3 Å². The summed E-state index contributed by atoms with van der Waals surface area (Å²) in [5.74, 6) is -1.18. The van der Waals surface area contributed by atoms with Crippen LogP contribution in [0.5, 0.6) is 0 Å². The molecule has 0 spiro atoms. The molecule has 5 N–H and O–H groups in total. The van der Waals surface area contributed by atoms with E-state index in [0.717, 1.165) is 12.0 Å². The van der Waals surface area contributed by atoms with Gasteiger partial charge in [-0.1, -0.05) is 19.1 Å². The Morgan fingerprint density at radius 3 is 2.11 bits per heavy atom. The first-order chi connectivity index (χ1) is 16.8. The Morgan fingerprint density at radius 1 is 0.743 bits per heavy atom. The first kappa shape index (κ1) is 29.6. The number of carbonyl (C=O) groups excluding carboxylic acids is 5. The summed E-state index contributed by atoms with van der Waals surface area (Å²) in [6.45, 7) is 3.84. The standard InChI is InChI=1S/C24H37N5O6/c1-3-5-21(31)26-11-4-14-35-15-13-28-23(33)17-24(34)29-19-8-6-18(7-9-19)16-22(32)27-12-10-20(30)25-2/h6-9H,3-5,10-17H2,1-2H3,(H,25,30)(H,26,31)(H,27,32)(H,28,33)(H,29,34). The second kappa shape index (κ2) is 17.9. The number of hydrogen-bond acceptors (Lipinski definition) is 6. The molecule has 0 bridgehead atoms. The van der Waals surface area contributed by atoms with E-state index in [2.05, 4.69) is 26.6 Å². The SMILES string of the molecule is CCCC(=O)NCCCOCCNC(=O)CC(=O)Nc1ccc(CC(=O)NCCC(=O)NC)cc1. The minimum Gasteiger partial charge on any atom is -0.380 e. The van der Waals surface area contributed by atoms with Gasteiger partial charge in [-0.3, -0.25) is 24.0 Å². The summed E-state index contributed by atoms with van der Waals surface area (Å²) in [7, 11) is 1.54. The lowest BCUT2D eigenvalue weighted by Gasteiger charge is -2.09. The van der Waals surface area contributed by atoms with Crippen LogP contribution in [0.4, 0.5) is 5.69 Å². The topological polar surface area (TPSA) is 155 Å². The summed E-state index contributed by atoms with van der Waals surface area (Å²) >= 11 is 0. The van der Waals surface area contributed by atoms with Crippen LogP contribution in [0.1, 0.15) is 44.6 Å². The van der Waals surface area contributed by atoms with Crippen molar-refractivity contribution in [3.05, 3.63) is 29.8 Å². The number of ether oxygens (including phenoxy) is 1. The zero-order chi connectivity index (χ0) is 25.9. The van der Waals surface area contributed by atoms with Gasteiger partial charge >= 0.3 is 0 Å². The molecule has 0 aliphatic heterocycles. The van der Waals surface area contributed by atoms with Crippen molar-refractivity contribution >= 4 is 35.2 Å². The fourth-order valence-corrected chi connectivity index (χ4v) is 2.89. The third-order valence-electron chi connectivity index (χ3n) is 4.71. The van der Waals surface area contributed by atoms with Gasteiger partial charge in [0.05, 0.1) is 13.0 Å². The highest BCUT2D eigenvalue weighted by atomic mass is 16.5. The molecule has 35 heavy (non-hydrogen) atoms. The lowest BCUT2D eigenvalue weighted by Crippen LogP contribution is -2.31. The maximum Gasteiger partial charge on any atom is 0.233 e. The predicted molar refractivity (Wildman–Crippen MR) is 131 cm³/mol. The van der Waals surface area contributed by atoms with Gasteiger partial charge in [-0.2, -0.15) is 0 Å². The van der Waals surface area contributed by atoms with Gasteiger partial charge < -0.3 is 31.3 Å². The van der Waals surface area contributed by atoms with E-state index in [1.165, 1.54) is 7.05 Å². The highest BCUT2D eigenvalue weighted by Crippen LogP contribution is 2.10. The van der Waals surface area contributed by atoms with Crippen molar-refractivity contribution in [2.45, 2.75) is 45.4 Å². The Morgan fingerprint density at radius 2 is 1.43 bits per heavy atom. The molecule has 0 radical (unpaired) electrons. The first-order valence-electron chi connectivity index (χ1n) is 11.8. The summed E-state index contributed by atoms with van der Waals surface area (Å²) in [4.78, 5) is 58.3. The van der Waals surface area contributed by atoms with Gasteiger partial charge in [0.2, 0.25) is 29.5 Å². The largest absolute Gasteiger partial charge is 0.380 e. The van der Waals surface area contributed by atoms with Crippen molar-refractivity contribution < 1.29 is 28.7 Å². The second-order valence-corrected chi connectivity index (χ2v) is 7.79. The first-order valence-corrected chi connectivity index (χ1v) is 11.8. The van der Waals surface area contributed by atoms with Crippen molar-refractivity contribution in [2.75, 3.05) is 45.2 Å². The minimum absolute atomic E-state index is 0.0346. The Balaban J connectivity index is 2.16. The van der Waals surface area contributed by atoms with Crippen LogP contribution in [0, 0.1) is 0 Å². The van der Waals surface area contributed by atoms with E-state index in [1.54, 1.807) is 24.3 Å². The quantitative estimate of drug-likeness (QED) is 0.155. The number of benzene rings is 1. The molecular weight excluding hydrogens is 454 g/mol. The van der Waals surface area contributed by atoms with Gasteiger partial charge in [-0.15, -0.1) is 0 Å². The van der Waals surface area contributed by atoms with Gasteiger partial charge in [0.25, 0.3) is 0 Å². The third kappa shape index (κ3) is 15.1. The Hall–Kier alpha value is -3.47. The molecule has 1 rings (SSSR count). The molecule has 194 valence electrons. The smallest absolute Gasteiger partial charge is 0.233 e. The number of nitrogens with one attached hydrogen (secondary N) is 5. The summed E-state index contributed by atoms with van der Waals surface area (Å²) in [5.41, 5.74) is 1.27. The van der Waals surface area contributed by atoms with Crippen LogP contribution in [0.3, 0.4) is 0 Å². The summed E-state index contributed by atoms with van der Waals surface area (Å²) in [5, 5.41) is 13.2. The molecule has 0 aliphatic rings. The molecule has 0 heterocycles. The zero-order valence-electron chi connectivity index (χ0n) is 20.5. The molecule has 0 atom stereocenters. The fraction of sp³-hybridized carbons (Fsp3) is 0.542. The highest BCUT2D eigenvalue weighted by molar-refractivity contribution is 6.03. The molecule has 0 unspecified atom stereocenters. The summed E-state index contributed by atoms with van der Waals surface area (Å²) < 4.78 is 5.39. The van der Waals surface area contributed by atoms with E-state index in [9.17, 15) is 24.0 Å². The molecule has 0 aliphatic carbocycles. The van der Waals surface area contributed by atoms with Crippen LogP contribution in [0.2, 0.25) is 0 Å². The van der Waals surface area contributed by atoms with Crippen molar-refractivity contribution in [1.29, 1.82) is 0 Å². The van der Waals surface area contributed by atoms with Crippen LogP contribution in [0.25, 0.3) is 0 Å². The molecule has 1 aromatic carbocycles. The van der Waals surface area contributed by atoms with Gasteiger partial charge in [-0.05, 0) is 30.5 Å². The van der Waals surface area contributed by atoms with Crippen LogP contribution in [-0.4, -0.2) is 69.4 Å². The maximum absolute atomic E-state index is 12.1. The second-order valence-electron chi connectivity index (χ2n) is 7.79. The van der Waals surface area contributed by atoms with Crippen molar-refractivity contribution in [3.8, 4) is 0 Å². The van der Waals surface area contributed by atoms with Crippen LogP contribution < -0.4 is 26.6 Å². The Bertz CT molecular complexity index is 828. The van der Waals surface area contributed by atoms with Gasteiger partial charge in [0, 0.05) is 51.8 Å². The molecular formula is C24H37N5O6. The third-order valence-corrected chi connectivity index (χ3v) is 4.71. The number of rotatable bonds is 17. The number of hydrogen-bond donors (Lipinski definition) is 5. The van der Waals surface area contributed by atoms with Crippen molar-refractivity contribution in [3.63, 3.8) is 0 Å². The molecule has 0 saturated carbocycles. The van der Waals surface area contributed by atoms with E-state index < -0.39 is 11.8 Å². The number of carbonyl (C=O) groups is 5. The van der Waals surface area contributed by atoms with Crippen LogP contribution in [-0.2, 0) is 35.1 Å². The molecule has 5 amide bonds. The van der Waals surface area contributed by atoms with Crippen LogP contribution in [0.15, 0.2) is 24.3 Å². The summed E-state index contributed by atoms with van der Waals surface area (Å²) in [6.07, 6.45) is 2.07. The van der Waals surface area contributed by atoms with E-state index in [0.29, 0.717) is 38.3 Å². The van der Waals surface area contributed by atoms with Gasteiger partial charge in [0.15, 0.2) is 0 Å². The Kier molecular flexibility index (Phi) is 15.1. The zero-order valence-corrected chi connectivity index (χ0v) is 20.5. The lowest BCUT2D eigenvalue weighted by atomic mass is 10.1. The monoisotopic (exact) mass is 491 g/mol. The fourth-order valence-electron chi connectivity index (χ4n) is 2.89. The van der Waals surface area contributed by atoms with Gasteiger partial charge in [-0.25, -0.2) is 0 Å². The maximum atomic E-state index is 12.1. The van der Waals surface area contributed by atoms with Crippen molar-refractivity contribution in [2.24, 2.45) is 0 Å². The molecule has 11 heteroatoms. The normalized spacial score (nSPS) is 10.2. The highest BCUT2D eigenvalue weighted by Gasteiger charge is 2.10. The van der Waals surface area contributed by atoms with Gasteiger partial charge in [0.1, 0.15) is 6.42 Å². The average molecular weight is 492 g/mol. The Labute approximate surface area is 206 Å². The van der Waals surface area contributed by atoms with E-state index in [4.69, 9.17) is 4.74 Å². The average Bonchev–Trinajstić information content (AvgIpc) is 2.82. The molecule has 0 saturated heterocycles. The van der Waals surface area contributed by atoms with E-state index in [-0.39, 0.29) is 50.1 Å². The summed E-state index contributed by atoms with van der Waals surface area (Å²) in [6, 6.07) is 6.73. The molecule has 0 fully saturated rings.